The minimum atomic E-state index is -4.16. The second kappa shape index (κ2) is 6.75. The Morgan fingerprint density at radius 2 is 2.00 bits per heavy atom. The van der Waals surface area contributed by atoms with Gasteiger partial charge in [-0.25, -0.2) is 0 Å². The molecule has 1 heterocycles. The highest BCUT2D eigenvalue weighted by atomic mass is 32.2. The van der Waals surface area contributed by atoms with Crippen LogP contribution in [-0.2, 0) is 13.1 Å². The lowest BCUT2D eigenvalue weighted by molar-refractivity contribution is -0.0328. The molecule has 0 radical (unpaired) electrons. The summed E-state index contributed by atoms with van der Waals surface area (Å²) in [6, 6.07) is 8.32. The first-order valence-corrected chi connectivity index (χ1v) is 7.86. The zero-order valence-corrected chi connectivity index (χ0v) is 12.9. The van der Waals surface area contributed by atoms with E-state index in [1.807, 2.05) is 35.0 Å². The minimum absolute atomic E-state index is 0.0256. The van der Waals surface area contributed by atoms with Gasteiger partial charge < -0.3 is 9.88 Å². The zero-order chi connectivity index (χ0) is 15.5. The van der Waals surface area contributed by atoms with Gasteiger partial charge in [0.1, 0.15) is 0 Å². The van der Waals surface area contributed by atoms with Crippen LogP contribution in [0.25, 0.3) is 10.9 Å². The molecule has 0 fully saturated rings. The van der Waals surface area contributed by atoms with Gasteiger partial charge in [-0.15, -0.1) is 0 Å². The number of thioether (sulfide) groups is 1. The van der Waals surface area contributed by atoms with Gasteiger partial charge in [0.05, 0.1) is 0 Å². The van der Waals surface area contributed by atoms with Crippen molar-refractivity contribution in [2.45, 2.75) is 38.5 Å². The summed E-state index contributed by atoms with van der Waals surface area (Å²) in [6.07, 6.45) is 1.86. The van der Waals surface area contributed by atoms with Crippen LogP contribution in [0.3, 0.4) is 0 Å². The molecule has 6 heteroatoms. The number of rotatable bonds is 6. The van der Waals surface area contributed by atoms with E-state index in [2.05, 4.69) is 19.2 Å². The maximum atomic E-state index is 12.2. The molecule has 0 saturated heterocycles. The predicted molar refractivity (Wildman–Crippen MR) is 82.4 cm³/mol. The lowest BCUT2D eigenvalue weighted by Gasteiger charge is -2.10. The number of halogens is 3. The molecule has 2 rings (SSSR count). The Labute approximate surface area is 126 Å². The summed E-state index contributed by atoms with van der Waals surface area (Å²) in [5.74, 6) is 0.0295. The molecule has 2 nitrogen and oxygen atoms in total. The normalized spacial score (nSPS) is 12.5. The molecular weight excluding hydrogens is 297 g/mol. The largest absolute Gasteiger partial charge is 0.441 e. The van der Waals surface area contributed by atoms with Crippen molar-refractivity contribution in [1.82, 2.24) is 9.88 Å². The summed E-state index contributed by atoms with van der Waals surface area (Å²) in [4.78, 5) is 0. The van der Waals surface area contributed by atoms with E-state index in [1.54, 1.807) is 0 Å². The Balaban J connectivity index is 2.11. The van der Waals surface area contributed by atoms with Gasteiger partial charge in [0.2, 0.25) is 0 Å². The number of hydrogen-bond donors (Lipinski definition) is 1. The summed E-state index contributed by atoms with van der Waals surface area (Å²) in [7, 11) is 0. The third-order valence-corrected chi connectivity index (χ3v) is 3.92. The van der Waals surface area contributed by atoms with Crippen molar-refractivity contribution in [3.05, 3.63) is 36.0 Å². The quantitative estimate of drug-likeness (QED) is 0.851. The highest BCUT2D eigenvalue weighted by Crippen LogP contribution is 2.30. The van der Waals surface area contributed by atoms with E-state index in [0.29, 0.717) is 12.6 Å². The molecule has 0 amide bonds. The summed E-state index contributed by atoms with van der Waals surface area (Å²) in [6.45, 7) is 5.28. The van der Waals surface area contributed by atoms with Gasteiger partial charge in [-0.1, -0.05) is 26.0 Å². The smallest absolute Gasteiger partial charge is 0.347 e. The maximum absolute atomic E-state index is 12.2. The van der Waals surface area contributed by atoms with Crippen LogP contribution < -0.4 is 5.32 Å². The van der Waals surface area contributed by atoms with Crippen LogP contribution in [0.15, 0.2) is 30.5 Å². The first kappa shape index (κ1) is 16.2. The number of nitrogens with zero attached hydrogens (tertiary/aromatic N) is 1. The Bertz CT molecular complexity index is 590. The Morgan fingerprint density at radius 3 is 2.67 bits per heavy atom. The van der Waals surface area contributed by atoms with Gasteiger partial charge in [-0.3, -0.25) is 0 Å². The van der Waals surface area contributed by atoms with Crippen LogP contribution in [0.5, 0.6) is 0 Å². The van der Waals surface area contributed by atoms with E-state index in [4.69, 9.17) is 0 Å². The van der Waals surface area contributed by atoms with E-state index in [1.165, 1.54) is 5.56 Å². The summed E-state index contributed by atoms with van der Waals surface area (Å²) in [5.41, 5.74) is -2.00. The van der Waals surface area contributed by atoms with E-state index in [0.717, 1.165) is 17.4 Å². The molecule has 0 aliphatic rings. The standard InChI is InChI=1S/C15H19F3N2S/c1-11(2)19-10-12-4-3-5-14-13(12)6-7-20(14)8-9-21-15(16,17)18/h3-7,11,19H,8-10H2,1-2H3. The zero-order valence-electron chi connectivity index (χ0n) is 12.1. The maximum Gasteiger partial charge on any atom is 0.441 e. The van der Waals surface area contributed by atoms with Crippen molar-refractivity contribution < 1.29 is 13.2 Å². The molecule has 1 aromatic heterocycles. The van der Waals surface area contributed by atoms with Gasteiger partial charge in [0.15, 0.2) is 0 Å². The van der Waals surface area contributed by atoms with Crippen LogP contribution in [0.1, 0.15) is 19.4 Å². The monoisotopic (exact) mass is 316 g/mol. The molecule has 1 aromatic carbocycles. The van der Waals surface area contributed by atoms with Crippen LogP contribution in [-0.4, -0.2) is 21.9 Å². The second-order valence-electron chi connectivity index (χ2n) is 5.19. The fraction of sp³-hybridized carbons (Fsp3) is 0.467. The van der Waals surface area contributed by atoms with Gasteiger partial charge in [0, 0.05) is 42.0 Å². The molecule has 0 atom stereocenters. The van der Waals surface area contributed by atoms with Crippen molar-refractivity contribution in [2.24, 2.45) is 0 Å². The van der Waals surface area contributed by atoms with Crippen molar-refractivity contribution in [3.8, 4) is 0 Å². The molecule has 0 bridgehead atoms. The third kappa shape index (κ3) is 4.68. The van der Waals surface area contributed by atoms with Gasteiger partial charge in [0.25, 0.3) is 0 Å². The molecular formula is C15H19F3N2S. The molecule has 1 N–H and O–H groups in total. The first-order chi connectivity index (χ1) is 9.87. The van der Waals surface area contributed by atoms with Crippen molar-refractivity contribution >= 4 is 22.7 Å². The Kier molecular flexibility index (Phi) is 5.22. The number of alkyl halides is 3. The predicted octanol–water partition coefficient (Wildman–Crippen LogP) is 4.39. The SMILES string of the molecule is CC(C)NCc1cccc2c1ccn2CCSC(F)(F)F. The number of aromatic nitrogens is 1. The first-order valence-electron chi connectivity index (χ1n) is 6.87. The number of aryl methyl sites for hydroxylation is 1. The van der Waals surface area contributed by atoms with E-state index >= 15 is 0 Å². The van der Waals surface area contributed by atoms with Crippen LogP contribution in [0.2, 0.25) is 0 Å². The molecule has 116 valence electrons. The minimum Gasteiger partial charge on any atom is -0.347 e. The van der Waals surface area contributed by atoms with Crippen molar-refractivity contribution in [2.75, 3.05) is 5.75 Å². The summed E-state index contributed by atoms with van der Waals surface area (Å²) >= 11 is 0.0256. The van der Waals surface area contributed by atoms with Crippen molar-refractivity contribution in [3.63, 3.8) is 0 Å². The number of fused-ring (bicyclic) bond motifs is 1. The third-order valence-electron chi connectivity index (χ3n) is 3.20. The topological polar surface area (TPSA) is 17.0 Å². The van der Waals surface area contributed by atoms with E-state index in [9.17, 15) is 13.2 Å². The van der Waals surface area contributed by atoms with E-state index < -0.39 is 5.51 Å². The summed E-state index contributed by atoms with van der Waals surface area (Å²) in [5, 5.41) is 4.46. The lowest BCUT2D eigenvalue weighted by atomic mass is 10.1. The second-order valence-corrected chi connectivity index (χ2v) is 6.35. The van der Waals surface area contributed by atoms with Gasteiger partial charge in [-0.2, -0.15) is 13.2 Å². The lowest BCUT2D eigenvalue weighted by Crippen LogP contribution is -2.21. The highest BCUT2D eigenvalue weighted by molar-refractivity contribution is 8.00. The van der Waals surface area contributed by atoms with Crippen LogP contribution in [0.4, 0.5) is 13.2 Å². The fourth-order valence-corrected chi connectivity index (χ4v) is 2.73. The van der Waals surface area contributed by atoms with E-state index in [-0.39, 0.29) is 17.5 Å². The molecule has 0 unspecified atom stereocenters. The average molecular weight is 316 g/mol. The van der Waals surface area contributed by atoms with Crippen molar-refractivity contribution in [1.29, 1.82) is 0 Å². The molecule has 2 aromatic rings. The fourth-order valence-electron chi connectivity index (χ4n) is 2.21. The molecule has 0 aliphatic heterocycles. The molecule has 0 spiro atoms. The number of nitrogens with one attached hydrogen (secondary N) is 1. The number of hydrogen-bond acceptors (Lipinski definition) is 2. The molecule has 0 aliphatic carbocycles. The average Bonchev–Trinajstić information content (AvgIpc) is 2.79. The number of benzene rings is 1. The molecule has 21 heavy (non-hydrogen) atoms. The van der Waals surface area contributed by atoms with Gasteiger partial charge in [-0.05, 0) is 29.5 Å². The van der Waals surface area contributed by atoms with Crippen LogP contribution >= 0.6 is 11.8 Å². The molecule has 0 saturated carbocycles. The Hall–Kier alpha value is -1.14. The van der Waals surface area contributed by atoms with Crippen LogP contribution in [0, 0.1) is 0 Å². The summed E-state index contributed by atoms with van der Waals surface area (Å²) < 4.78 is 38.4. The highest BCUT2D eigenvalue weighted by Gasteiger charge is 2.27. The Morgan fingerprint density at radius 1 is 1.24 bits per heavy atom. The van der Waals surface area contributed by atoms with Gasteiger partial charge >= 0.3 is 5.51 Å².